The predicted octanol–water partition coefficient (Wildman–Crippen LogP) is 4.46. The maximum Gasteiger partial charge on any atom is 0.273 e. The fourth-order valence-electron chi connectivity index (χ4n) is 5.31. The van der Waals surface area contributed by atoms with E-state index < -0.39 is 0 Å². The SMILES string of the molecule is CC1(C)CC(NC(=O)CCc2nc3cc(Cl)ccc3n(Cc3ccccc3)c2=O)CC(C)(C)N1. The van der Waals surface area contributed by atoms with Gasteiger partial charge in [-0.3, -0.25) is 9.59 Å². The van der Waals surface area contributed by atoms with E-state index in [0.717, 1.165) is 23.9 Å². The maximum absolute atomic E-state index is 13.4. The van der Waals surface area contributed by atoms with Crippen LogP contribution in [-0.2, 0) is 17.8 Å². The number of halogens is 1. The molecular formula is C27H33ClN4O2. The van der Waals surface area contributed by atoms with Gasteiger partial charge in [-0.05, 0) is 64.3 Å². The van der Waals surface area contributed by atoms with Gasteiger partial charge in [-0.2, -0.15) is 0 Å². The first-order chi connectivity index (χ1) is 16.0. The molecule has 0 atom stereocenters. The Labute approximate surface area is 205 Å². The molecule has 1 amide bonds. The Hall–Kier alpha value is -2.70. The molecule has 0 aliphatic carbocycles. The van der Waals surface area contributed by atoms with Crippen LogP contribution < -0.4 is 16.2 Å². The lowest BCUT2D eigenvalue weighted by molar-refractivity contribution is -0.122. The van der Waals surface area contributed by atoms with E-state index in [1.165, 1.54) is 0 Å². The first-order valence-electron chi connectivity index (χ1n) is 11.8. The number of aryl methyl sites for hydroxylation is 1. The molecule has 0 unspecified atom stereocenters. The number of aromatic nitrogens is 2. The van der Waals surface area contributed by atoms with Crippen LogP contribution in [0.2, 0.25) is 5.02 Å². The molecule has 1 saturated heterocycles. The Morgan fingerprint density at radius 3 is 2.47 bits per heavy atom. The molecule has 7 heteroatoms. The van der Waals surface area contributed by atoms with E-state index in [2.05, 4.69) is 43.3 Å². The quantitative estimate of drug-likeness (QED) is 0.546. The van der Waals surface area contributed by atoms with Gasteiger partial charge in [0, 0.05) is 35.0 Å². The van der Waals surface area contributed by atoms with Crippen molar-refractivity contribution in [1.82, 2.24) is 20.2 Å². The average Bonchev–Trinajstić information content (AvgIpc) is 2.73. The summed E-state index contributed by atoms with van der Waals surface area (Å²) < 4.78 is 1.72. The van der Waals surface area contributed by atoms with Gasteiger partial charge < -0.3 is 15.2 Å². The van der Waals surface area contributed by atoms with Crippen molar-refractivity contribution in [2.45, 2.75) is 77.0 Å². The van der Waals surface area contributed by atoms with Crippen molar-refractivity contribution in [2.24, 2.45) is 0 Å². The molecule has 0 saturated carbocycles. The molecule has 2 heterocycles. The number of nitrogens with one attached hydrogen (secondary N) is 2. The van der Waals surface area contributed by atoms with Crippen molar-refractivity contribution >= 4 is 28.5 Å². The summed E-state index contributed by atoms with van der Waals surface area (Å²) in [7, 11) is 0. The Morgan fingerprint density at radius 2 is 1.79 bits per heavy atom. The van der Waals surface area contributed by atoms with Gasteiger partial charge >= 0.3 is 0 Å². The van der Waals surface area contributed by atoms with E-state index >= 15 is 0 Å². The zero-order chi connectivity index (χ0) is 24.5. The van der Waals surface area contributed by atoms with Crippen molar-refractivity contribution in [3.8, 4) is 0 Å². The van der Waals surface area contributed by atoms with E-state index in [1.807, 2.05) is 36.4 Å². The van der Waals surface area contributed by atoms with Crippen LogP contribution in [0.4, 0.5) is 0 Å². The molecule has 0 spiro atoms. The summed E-state index contributed by atoms with van der Waals surface area (Å²) in [6.07, 6.45) is 2.21. The minimum atomic E-state index is -0.171. The number of hydrogen-bond donors (Lipinski definition) is 2. The summed E-state index contributed by atoms with van der Waals surface area (Å²) in [6.45, 7) is 9.07. The zero-order valence-electron chi connectivity index (χ0n) is 20.3. The molecule has 2 N–H and O–H groups in total. The molecule has 34 heavy (non-hydrogen) atoms. The molecule has 1 fully saturated rings. The van der Waals surface area contributed by atoms with Crippen LogP contribution in [0.25, 0.3) is 11.0 Å². The minimum Gasteiger partial charge on any atom is -0.353 e. The molecular weight excluding hydrogens is 448 g/mol. The molecule has 2 aromatic carbocycles. The summed E-state index contributed by atoms with van der Waals surface area (Å²) in [5.74, 6) is -0.0551. The highest BCUT2D eigenvalue weighted by molar-refractivity contribution is 6.31. The van der Waals surface area contributed by atoms with Gasteiger partial charge in [-0.15, -0.1) is 0 Å². The van der Waals surface area contributed by atoms with Crippen molar-refractivity contribution in [1.29, 1.82) is 0 Å². The lowest BCUT2D eigenvalue weighted by Crippen LogP contribution is -2.62. The molecule has 6 nitrogen and oxygen atoms in total. The van der Waals surface area contributed by atoms with E-state index in [9.17, 15) is 9.59 Å². The second kappa shape index (κ2) is 9.51. The summed E-state index contributed by atoms with van der Waals surface area (Å²) in [4.78, 5) is 30.8. The number of fused-ring (bicyclic) bond motifs is 1. The van der Waals surface area contributed by atoms with Gasteiger partial charge in [0.15, 0.2) is 0 Å². The second-order valence-corrected chi connectivity index (χ2v) is 11.1. The number of amides is 1. The Kier molecular flexibility index (Phi) is 6.83. The standard InChI is InChI=1S/C27H33ClN4O2/c1-26(2)15-20(16-27(3,4)31-26)29-24(33)13-11-21-25(34)32(17-18-8-6-5-7-9-18)23-12-10-19(28)14-22(23)30-21/h5-10,12,14,20,31H,11,13,15-17H2,1-4H3,(H,29,33). The van der Waals surface area contributed by atoms with Crippen LogP contribution in [0.1, 0.15) is 58.2 Å². The lowest BCUT2D eigenvalue weighted by Gasteiger charge is -2.46. The fourth-order valence-corrected chi connectivity index (χ4v) is 5.48. The summed E-state index contributed by atoms with van der Waals surface area (Å²) in [6, 6.07) is 15.3. The highest BCUT2D eigenvalue weighted by Crippen LogP contribution is 2.28. The van der Waals surface area contributed by atoms with Crippen LogP contribution in [0.15, 0.2) is 53.3 Å². The molecule has 180 valence electrons. The first kappa shape index (κ1) is 24.4. The second-order valence-electron chi connectivity index (χ2n) is 10.6. The lowest BCUT2D eigenvalue weighted by atomic mass is 9.79. The highest BCUT2D eigenvalue weighted by atomic mass is 35.5. The monoisotopic (exact) mass is 480 g/mol. The highest BCUT2D eigenvalue weighted by Gasteiger charge is 2.38. The van der Waals surface area contributed by atoms with Crippen molar-refractivity contribution in [3.63, 3.8) is 0 Å². The zero-order valence-corrected chi connectivity index (χ0v) is 21.1. The van der Waals surface area contributed by atoms with Crippen LogP contribution in [0.3, 0.4) is 0 Å². The summed E-state index contributed by atoms with van der Waals surface area (Å²) >= 11 is 6.21. The Bertz CT molecular complexity index is 1230. The predicted molar refractivity (Wildman–Crippen MR) is 137 cm³/mol. The Balaban J connectivity index is 1.54. The molecule has 4 rings (SSSR count). The smallest absolute Gasteiger partial charge is 0.273 e. The molecule has 0 radical (unpaired) electrons. The molecule has 1 aliphatic rings. The van der Waals surface area contributed by atoms with Crippen molar-refractivity contribution < 1.29 is 4.79 Å². The average molecular weight is 481 g/mol. The summed E-state index contributed by atoms with van der Waals surface area (Å²) in [5.41, 5.74) is 2.51. The molecule has 1 aliphatic heterocycles. The topological polar surface area (TPSA) is 76.0 Å². The number of nitrogens with zero attached hydrogens (tertiary/aromatic N) is 2. The Morgan fingerprint density at radius 1 is 1.12 bits per heavy atom. The van der Waals surface area contributed by atoms with Gasteiger partial charge in [0.2, 0.25) is 5.91 Å². The third-order valence-corrected chi connectivity index (χ3v) is 6.54. The number of carbonyl (C=O) groups is 1. The number of hydrogen-bond acceptors (Lipinski definition) is 4. The largest absolute Gasteiger partial charge is 0.353 e. The normalized spacial score (nSPS) is 17.6. The maximum atomic E-state index is 13.4. The molecule has 0 bridgehead atoms. The van der Waals surface area contributed by atoms with Gasteiger partial charge in [-0.25, -0.2) is 4.98 Å². The van der Waals surface area contributed by atoms with Gasteiger partial charge in [-0.1, -0.05) is 41.9 Å². The van der Waals surface area contributed by atoms with Crippen LogP contribution in [0.5, 0.6) is 0 Å². The third kappa shape index (κ3) is 5.86. The number of benzene rings is 2. The molecule has 1 aromatic heterocycles. The minimum absolute atomic E-state index is 0.0516. The van der Waals surface area contributed by atoms with Crippen LogP contribution in [0, 0.1) is 0 Å². The van der Waals surface area contributed by atoms with Crippen molar-refractivity contribution in [3.05, 3.63) is 75.2 Å². The van der Waals surface area contributed by atoms with E-state index in [0.29, 0.717) is 22.8 Å². The van der Waals surface area contributed by atoms with Gasteiger partial charge in [0.05, 0.1) is 17.6 Å². The number of rotatable bonds is 6. The van der Waals surface area contributed by atoms with E-state index in [1.54, 1.807) is 16.7 Å². The molecule has 3 aromatic rings. The fraction of sp³-hybridized carbons (Fsp3) is 0.444. The third-order valence-electron chi connectivity index (χ3n) is 6.30. The van der Waals surface area contributed by atoms with Gasteiger partial charge in [0.25, 0.3) is 5.56 Å². The van der Waals surface area contributed by atoms with Gasteiger partial charge in [0.1, 0.15) is 5.69 Å². The summed E-state index contributed by atoms with van der Waals surface area (Å²) in [5, 5.41) is 7.38. The van der Waals surface area contributed by atoms with Crippen molar-refractivity contribution in [2.75, 3.05) is 0 Å². The van der Waals surface area contributed by atoms with E-state index in [4.69, 9.17) is 11.6 Å². The van der Waals surface area contributed by atoms with Crippen LogP contribution >= 0.6 is 11.6 Å². The number of carbonyl (C=O) groups excluding carboxylic acids is 1. The first-order valence-corrected chi connectivity index (χ1v) is 12.2. The van der Waals surface area contributed by atoms with E-state index in [-0.39, 0.29) is 41.4 Å². The van der Waals surface area contributed by atoms with Crippen LogP contribution in [-0.4, -0.2) is 32.6 Å². The number of piperidine rings is 1.